The van der Waals surface area contributed by atoms with E-state index in [1.807, 2.05) is 48.5 Å². The van der Waals surface area contributed by atoms with Gasteiger partial charge >= 0.3 is 5.63 Å². The lowest BCUT2D eigenvalue weighted by atomic mass is 10.0. The number of hydrogen-bond donors (Lipinski definition) is 1. The summed E-state index contributed by atoms with van der Waals surface area (Å²) in [6, 6.07) is 29.4. The molecule has 0 aliphatic heterocycles. The average molecular weight is 487 g/mol. The Labute approximate surface area is 212 Å². The summed E-state index contributed by atoms with van der Waals surface area (Å²) in [7, 11) is 0. The number of benzene rings is 4. The first kappa shape index (κ1) is 22.5. The van der Waals surface area contributed by atoms with Crippen molar-refractivity contribution in [3.63, 3.8) is 0 Å². The molecule has 0 saturated heterocycles. The summed E-state index contributed by atoms with van der Waals surface area (Å²) in [6.45, 7) is 2.10. The maximum atomic E-state index is 13.0. The lowest BCUT2D eigenvalue weighted by molar-refractivity contribution is 0.102. The minimum absolute atomic E-state index is 0.284. The third kappa shape index (κ3) is 4.41. The summed E-state index contributed by atoms with van der Waals surface area (Å²) in [5, 5.41) is 3.73. The number of carbonyl (C=O) groups is 1. The van der Waals surface area contributed by atoms with Gasteiger partial charge in [0.25, 0.3) is 5.91 Å². The molecule has 1 N–H and O–H groups in total. The molecular formula is C31H22N2O4. The monoisotopic (exact) mass is 486 g/mol. The van der Waals surface area contributed by atoms with Crippen LogP contribution in [0.1, 0.15) is 22.8 Å². The number of aryl methyl sites for hydroxylation is 1. The summed E-state index contributed by atoms with van der Waals surface area (Å²) < 4.78 is 11.4. The number of fused-ring (bicyclic) bond motifs is 2. The van der Waals surface area contributed by atoms with Crippen molar-refractivity contribution in [3.05, 3.63) is 119 Å². The normalized spacial score (nSPS) is 11.2. The highest BCUT2D eigenvalue weighted by Crippen LogP contribution is 2.27. The van der Waals surface area contributed by atoms with Crippen molar-refractivity contribution in [2.24, 2.45) is 0 Å². The molecule has 4 aromatic carbocycles. The Morgan fingerprint density at radius 1 is 0.811 bits per heavy atom. The molecule has 6 aromatic rings. The second kappa shape index (κ2) is 9.24. The summed E-state index contributed by atoms with van der Waals surface area (Å²) >= 11 is 0. The Kier molecular flexibility index (Phi) is 5.62. The summed E-state index contributed by atoms with van der Waals surface area (Å²) in [6.07, 6.45) is 0.936. The van der Waals surface area contributed by atoms with Gasteiger partial charge in [0.05, 0.1) is 5.56 Å². The van der Waals surface area contributed by atoms with Gasteiger partial charge in [-0.1, -0.05) is 43.3 Å². The van der Waals surface area contributed by atoms with Gasteiger partial charge in [0, 0.05) is 22.2 Å². The van der Waals surface area contributed by atoms with Crippen LogP contribution < -0.4 is 10.9 Å². The summed E-state index contributed by atoms with van der Waals surface area (Å²) in [5.41, 5.74) is 5.75. The van der Waals surface area contributed by atoms with Crippen LogP contribution in [-0.4, -0.2) is 10.9 Å². The maximum absolute atomic E-state index is 13.0. The van der Waals surface area contributed by atoms with Crippen LogP contribution in [0.3, 0.4) is 0 Å². The van der Waals surface area contributed by atoms with E-state index in [1.54, 1.807) is 48.5 Å². The molecular weight excluding hydrogens is 464 g/mol. The molecule has 2 heterocycles. The molecule has 1 amide bonds. The van der Waals surface area contributed by atoms with E-state index in [0.717, 1.165) is 28.5 Å². The minimum Gasteiger partial charge on any atom is -0.436 e. The number of amides is 1. The second-order valence-corrected chi connectivity index (χ2v) is 8.77. The van der Waals surface area contributed by atoms with Gasteiger partial charge in [0.2, 0.25) is 5.89 Å². The first-order valence-electron chi connectivity index (χ1n) is 12.0. The molecule has 37 heavy (non-hydrogen) atoms. The zero-order valence-electron chi connectivity index (χ0n) is 20.0. The van der Waals surface area contributed by atoms with E-state index < -0.39 is 5.63 Å². The Hall–Kier alpha value is -4.97. The number of nitrogens with zero attached hydrogens (tertiary/aromatic N) is 1. The van der Waals surface area contributed by atoms with Crippen LogP contribution in [-0.2, 0) is 6.42 Å². The molecule has 0 bridgehead atoms. The molecule has 0 atom stereocenters. The zero-order valence-corrected chi connectivity index (χ0v) is 20.0. The number of para-hydroxylation sites is 1. The van der Waals surface area contributed by atoms with Gasteiger partial charge in [0.15, 0.2) is 5.58 Å². The third-order valence-electron chi connectivity index (χ3n) is 6.33. The maximum Gasteiger partial charge on any atom is 0.344 e. The van der Waals surface area contributed by atoms with E-state index in [0.29, 0.717) is 33.9 Å². The van der Waals surface area contributed by atoms with Crippen LogP contribution in [0, 0.1) is 0 Å². The predicted molar refractivity (Wildman–Crippen MR) is 145 cm³/mol. The average Bonchev–Trinajstić information content (AvgIpc) is 3.36. The van der Waals surface area contributed by atoms with Gasteiger partial charge in [-0.2, -0.15) is 0 Å². The van der Waals surface area contributed by atoms with E-state index in [4.69, 9.17) is 8.83 Å². The zero-order chi connectivity index (χ0) is 25.4. The van der Waals surface area contributed by atoms with Crippen LogP contribution >= 0.6 is 0 Å². The van der Waals surface area contributed by atoms with E-state index in [9.17, 15) is 9.59 Å². The van der Waals surface area contributed by atoms with Crippen LogP contribution in [0.25, 0.3) is 44.7 Å². The molecule has 0 spiro atoms. The van der Waals surface area contributed by atoms with E-state index in [-0.39, 0.29) is 5.91 Å². The lowest BCUT2D eigenvalue weighted by Crippen LogP contribution is -2.12. The highest BCUT2D eigenvalue weighted by molar-refractivity contribution is 6.05. The smallest absolute Gasteiger partial charge is 0.344 e. The fourth-order valence-electron chi connectivity index (χ4n) is 4.31. The number of oxazole rings is 1. The Balaban J connectivity index is 1.22. The number of anilines is 1. The summed E-state index contributed by atoms with van der Waals surface area (Å²) in [5.74, 6) is 0.247. The molecule has 0 aliphatic carbocycles. The van der Waals surface area contributed by atoms with Crippen molar-refractivity contribution in [1.29, 1.82) is 0 Å². The third-order valence-corrected chi connectivity index (χ3v) is 6.33. The van der Waals surface area contributed by atoms with Crippen molar-refractivity contribution in [1.82, 2.24) is 4.98 Å². The molecule has 6 rings (SSSR count). The first-order valence-corrected chi connectivity index (χ1v) is 12.0. The second-order valence-electron chi connectivity index (χ2n) is 8.77. The van der Waals surface area contributed by atoms with Crippen LogP contribution in [0.2, 0.25) is 0 Å². The van der Waals surface area contributed by atoms with Gasteiger partial charge in [-0.25, -0.2) is 9.78 Å². The number of carbonyl (C=O) groups excluding carboxylic acids is 1. The van der Waals surface area contributed by atoms with E-state index in [1.165, 1.54) is 5.56 Å². The topological polar surface area (TPSA) is 85.3 Å². The fourth-order valence-corrected chi connectivity index (χ4v) is 4.31. The van der Waals surface area contributed by atoms with Gasteiger partial charge in [0.1, 0.15) is 11.1 Å². The summed E-state index contributed by atoms with van der Waals surface area (Å²) in [4.78, 5) is 30.2. The SMILES string of the molecule is CCc1ccc2oc(-c3ccc(NC(=O)c4cccc(-c5cc6ccccc6oc5=O)c4)cc3)nc2c1. The number of hydrogen-bond acceptors (Lipinski definition) is 5. The van der Waals surface area contributed by atoms with E-state index >= 15 is 0 Å². The highest BCUT2D eigenvalue weighted by Gasteiger charge is 2.13. The quantitative estimate of drug-likeness (QED) is 0.263. The predicted octanol–water partition coefficient (Wildman–Crippen LogP) is 7.08. The molecule has 180 valence electrons. The number of aromatic nitrogens is 1. The minimum atomic E-state index is -0.447. The molecule has 0 saturated carbocycles. The van der Waals surface area contributed by atoms with Crippen LogP contribution in [0.5, 0.6) is 0 Å². The Bertz CT molecular complexity index is 1830. The highest BCUT2D eigenvalue weighted by atomic mass is 16.4. The van der Waals surface area contributed by atoms with Crippen LogP contribution in [0.4, 0.5) is 5.69 Å². The van der Waals surface area contributed by atoms with Crippen molar-refractivity contribution < 1.29 is 13.6 Å². The fraction of sp³-hybridized carbons (Fsp3) is 0.0645. The van der Waals surface area contributed by atoms with Crippen molar-refractivity contribution in [3.8, 4) is 22.6 Å². The number of rotatable bonds is 5. The molecule has 0 aliphatic rings. The Morgan fingerprint density at radius 2 is 1.65 bits per heavy atom. The number of nitrogens with one attached hydrogen (secondary N) is 1. The first-order chi connectivity index (χ1) is 18.1. The Morgan fingerprint density at radius 3 is 2.49 bits per heavy atom. The lowest BCUT2D eigenvalue weighted by Gasteiger charge is -2.08. The van der Waals surface area contributed by atoms with Crippen LogP contribution in [0.15, 0.2) is 111 Å². The standard InChI is InChI=1S/C31H22N2O4/c1-2-19-10-15-28-26(16-19)33-30(36-28)20-11-13-24(14-12-20)32-29(34)23-8-5-7-21(17-23)25-18-22-6-3-4-9-27(22)37-31(25)35/h3-18H,2H2,1H3,(H,32,34). The van der Waals surface area contributed by atoms with Crippen molar-refractivity contribution >= 4 is 33.7 Å². The molecule has 0 radical (unpaired) electrons. The van der Waals surface area contributed by atoms with Gasteiger partial charge in [-0.05, 0) is 78.2 Å². The molecule has 0 fully saturated rings. The van der Waals surface area contributed by atoms with Gasteiger partial charge in [-0.3, -0.25) is 4.79 Å². The van der Waals surface area contributed by atoms with Gasteiger partial charge < -0.3 is 14.2 Å². The van der Waals surface area contributed by atoms with Crippen molar-refractivity contribution in [2.45, 2.75) is 13.3 Å². The van der Waals surface area contributed by atoms with Gasteiger partial charge in [-0.15, -0.1) is 0 Å². The molecule has 6 heteroatoms. The largest absolute Gasteiger partial charge is 0.436 e. The van der Waals surface area contributed by atoms with Crippen molar-refractivity contribution in [2.75, 3.05) is 5.32 Å². The molecule has 6 nitrogen and oxygen atoms in total. The molecule has 0 unspecified atom stereocenters. The molecule has 2 aromatic heterocycles. The van der Waals surface area contributed by atoms with E-state index in [2.05, 4.69) is 17.2 Å².